The number of aliphatic imine (C=N–C) groups is 1. The van der Waals surface area contributed by atoms with Gasteiger partial charge in [-0.1, -0.05) is 43.3 Å². The average Bonchev–Trinajstić information content (AvgIpc) is 2.29. The molecule has 74 valence electrons. The van der Waals surface area contributed by atoms with Gasteiger partial charge in [0.25, 0.3) is 0 Å². The minimum atomic E-state index is 0.457. The van der Waals surface area contributed by atoms with Gasteiger partial charge in [0.05, 0.1) is 6.54 Å². The summed E-state index contributed by atoms with van der Waals surface area (Å²) in [7, 11) is 0. The predicted molar refractivity (Wildman–Crippen MR) is 64.6 cm³/mol. The first-order valence-electron chi connectivity index (χ1n) is 5.37. The molecule has 2 aromatic carbocycles. The standard InChI is InChI=1S/C14H13N/c1-10-8-15-9-14-12(10)7-6-11-4-2-3-5-13(11)14/h2-8,10H,9H2,1H3. The molecule has 0 saturated heterocycles. The third-order valence-corrected chi connectivity index (χ3v) is 3.15. The second kappa shape index (κ2) is 3.20. The molecule has 1 nitrogen and oxygen atoms in total. The van der Waals surface area contributed by atoms with Gasteiger partial charge in [-0.15, -0.1) is 0 Å². The van der Waals surface area contributed by atoms with E-state index in [0.717, 1.165) is 6.54 Å². The van der Waals surface area contributed by atoms with Crippen molar-refractivity contribution in [2.24, 2.45) is 4.99 Å². The van der Waals surface area contributed by atoms with Gasteiger partial charge >= 0.3 is 0 Å². The first kappa shape index (κ1) is 8.66. The highest BCUT2D eigenvalue weighted by molar-refractivity contribution is 5.89. The minimum absolute atomic E-state index is 0.457. The van der Waals surface area contributed by atoms with E-state index in [0.29, 0.717) is 5.92 Å². The van der Waals surface area contributed by atoms with E-state index < -0.39 is 0 Å². The molecule has 0 aliphatic carbocycles. The van der Waals surface area contributed by atoms with Crippen molar-refractivity contribution in [1.29, 1.82) is 0 Å². The van der Waals surface area contributed by atoms with Gasteiger partial charge in [-0.3, -0.25) is 4.99 Å². The highest BCUT2D eigenvalue weighted by atomic mass is 14.7. The molecule has 3 rings (SSSR count). The number of benzene rings is 2. The molecule has 0 saturated carbocycles. The molecule has 1 heteroatoms. The second-order valence-electron chi connectivity index (χ2n) is 4.13. The largest absolute Gasteiger partial charge is 0.292 e. The summed E-state index contributed by atoms with van der Waals surface area (Å²) in [6.07, 6.45) is 2.05. The first-order valence-corrected chi connectivity index (χ1v) is 5.37. The van der Waals surface area contributed by atoms with Crippen molar-refractivity contribution < 1.29 is 0 Å². The van der Waals surface area contributed by atoms with Crippen LogP contribution in [0, 0.1) is 0 Å². The maximum atomic E-state index is 4.42. The Morgan fingerprint density at radius 3 is 2.93 bits per heavy atom. The third-order valence-electron chi connectivity index (χ3n) is 3.15. The summed E-state index contributed by atoms with van der Waals surface area (Å²) in [4.78, 5) is 4.42. The number of hydrogen-bond acceptors (Lipinski definition) is 1. The second-order valence-corrected chi connectivity index (χ2v) is 4.13. The van der Waals surface area contributed by atoms with Crippen molar-refractivity contribution in [2.45, 2.75) is 19.4 Å². The lowest BCUT2D eigenvalue weighted by atomic mass is 9.90. The summed E-state index contributed by atoms with van der Waals surface area (Å²) >= 11 is 0. The molecule has 0 spiro atoms. The van der Waals surface area contributed by atoms with Crippen molar-refractivity contribution in [1.82, 2.24) is 0 Å². The van der Waals surface area contributed by atoms with Crippen LogP contribution in [0.5, 0.6) is 0 Å². The van der Waals surface area contributed by atoms with E-state index in [-0.39, 0.29) is 0 Å². The highest BCUT2D eigenvalue weighted by Crippen LogP contribution is 2.30. The third kappa shape index (κ3) is 1.27. The lowest BCUT2D eigenvalue weighted by molar-refractivity contribution is 0.923. The first-order chi connectivity index (χ1) is 7.36. The van der Waals surface area contributed by atoms with Gasteiger partial charge in [0.15, 0.2) is 0 Å². The molecule has 2 aromatic rings. The van der Waals surface area contributed by atoms with Gasteiger partial charge in [-0.25, -0.2) is 0 Å². The normalized spacial score (nSPS) is 19.1. The van der Waals surface area contributed by atoms with E-state index in [2.05, 4.69) is 54.5 Å². The summed E-state index contributed by atoms with van der Waals surface area (Å²) in [6, 6.07) is 13.0. The Labute approximate surface area is 89.5 Å². The molecule has 15 heavy (non-hydrogen) atoms. The van der Waals surface area contributed by atoms with Gasteiger partial charge in [-0.2, -0.15) is 0 Å². The van der Waals surface area contributed by atoms with Crippen molar-refractivity contribution >= 4 is 17.0 Å². The average molecular weight is 195 g/mol. The van der Waals surface area contributed by atoms with Gasteiger partial charge in [0, 0.05) is 12.1 Å². The fourth-order valence-electron chi connectivity index (χ4n) is 2.34. The SMILES string of the molecule is CC1C=NCc2c1ccc1ccccc21. The van der Waals surface area contributed by atoms with E-state index in [1.54, 1.807) is 0 Å². The molecule has 0 fully saturated rings. The van der Waals surface area contributed by atoms with E-state index in [1.807, 2.05) is 0 Å². The Hall–Kier alpha value is -1.63. The van der Waals surface area contributed by atoms with Crippen LogP contribution in [0.15, 0.2) is 41.4 Å². The van der Waals surface area contributed by atoms with E-state index >= 15 is 0 Å². The van der Waals surface area contributed by atoms with E-state index in [9.17, 15) is 0 Å². The van der Waals surface area contributed by atoms with E-state index in [1.165, 1.54) is 21.9 Å². The Balaban J connectivity index is 2.36. The number of nitrogens with zero attached hydrogens (tertiary/aromatic N) is 1. The molecule has 0 amide bonds. The maximum Gasteiger partial charge on any atom is 0.0645 e. The summed E-state index contributed by atoms with van der Waals surface area (Å²) < 4.78 is 0. The van der Waals surface area contributed by atoms with Gasteiger partial charge in [0.2, 0.25) is 0 Å². The zero-order valence-corrected chi connectivity index (χ0v) is 8.77. The minimum Gasteiger partial charge on any atom is -0.292 e. The van der Waals surface area contributed by atoms with Crippen LogP contribution in [0.25, 0.3) is 10.8 Å². The molecule has 0 radical (unpaired) electrons. The van der Waals surface area contributed by atoms with Crippen LogP contribution in [0.1, 0.15) is 24.0 Å². The van der Waals surface area contributed by atoms with Crippen LogP contribution in [-0.4, -0.2) is 6.21 Å². The van der Waals surface area contributed by atoms with Crippen LogP contribution in [0.4, 0.5) is 0 Å². The molecule has 1 heterocycles. The summed E-state index contributed by atoms with van der Waals surface area (Å²) in [5.74, 6) is 0.457. The fraction of sp³-hybridized carbons (Fsp3) is 0.214. The monoisotopic (exact) mass is 195 g/mol. The Bertz CT molecular complexity index is 540. The van der Waals surface area contributed by atoms with E-state index in [4.69, 9.17) is 0 Å². The van der Waals surface area contributed by atoms with Gasteiger partial charge in [0.1, 0.15) is 0 Å². The molecule has 0 bridgehead atoms. The molecule has 1 aliphatic heterocycles. The summed E-state index contributed by atoms with van der Waals surface area (Å²) in [5, 5.41) is 2.68. The summed E-state index contributed by atoms with van der Waals surface area (Å²) in [5.41, 5.74) is 2.84. The summed E-state index contributed by atoms with van der Waals surface area (Å²) in [6.45, 7) is 3.04. The number of hydrogen-bond donors (Lipinski definition) is 0. The zero-order valence-electron chi connectivity index (χ0n) is 8.77. The Morgan fingerprint density at radius 2 is 2.00 bits per heavy atom. The molecule has 1 atom stereocenters. The molecule has 0 aromatic heterocycles. The number of fused-ring (bicyclic) bond motifs is 3. The topological polar surface area (TPSA) is 12.4 Å². The molecule has 0 N–H and O–H groups in total. The maximum absolute atomic E-state index is 4.42. The predicted octanol–water partition coefficient (Wildman–Crippen LogP) is 3.53. The van der Waals surface area contributed by atoms with Crippen molar-refractivity contribution in [3.8, 4) is 0 Å². The van der Waals surface area contributed by atoms with Gasteiger partial charge < -0.3 is 0 Å². The quantitative estimate of drug-likeness (QED) is 0.609. The lowest BCUT2D eigenvalue weighted by Crippen LogP contribution is -2.06. The van der Waals surface area contributed by atoms with Crippen molar-refractivity contribution in [2.75, 3.05) is 0 Å². The number of rotatable bonds is 0. The Kier molecular flexibility index (Phi) is 1.84. The van der Waals surface area contributed by atoms with Crippen LogP contribution in [-0.2, 0) is 6.54 Å². The van der Waals surface area contributed by atoms with Crippen molar-refractivity contribution in [3.63, 3.8) is 0 Å². The van der Waals surface area contributed by atoms with Gasteiger partial charge in [-0.05, 0) is 21.9 Å². The fourth-order valence-corrected chi connectivity index (χ4v) is 2.34. The molecule has 1 unspecified atom stereocenters. The van der Waals surface area contributed by atoms with Crippen LogP contribution < -0.4 is 0 Å². The lowest BCUT2D eigenvalue weighted by Gasteiger charge is -2.18. The zero-order chi connectivity index (χ0) is 10.3. The van der Waals surface area contributed by atoms with Crippen molar-refractivity contribution in [3.05, 3.63) is 47.5 Å². The van der Waals surface area contributed by atoms with Crippen LogP contribution in [0.2, 0.25) is 0 Å². The molecule has 1 aliphatic rings. The van der Waals surface area contributed by atoms with Crippen LogP contribution in [0.3, 0.4) is 0 Å². The molecular weight excluding hydrogens is 182 g/mol. The highest BCUT2D eigenvalue weighted by Gasteiger charge is 2.14. The van der Waals surface area contributed by atoms with Crippen LogP contribution >= 0.6 is 0 Å². The molecular formula is C14H13N. The Morgan fingerprint density at radius 1 is 1.13 bits per heavy atom. The smallest absolute Gasteiger partial charge is 0.0645 e.